The van der Waals surface area contributed by atoms with Gasteiger partial charge in [-0.2, -0.15) is 9.40 Å². The fourth-order valence-corrected chi connectivity index (χ4v) is 3.60. The number of sulfonamides is 1. The molecule has 19 heavy (non-hydrogen) atoms. The number of aromatic carboxylic acids is 1. The predicted molar refractivity (Wildman–Crippen MR) is 64.3 cm³/mol. The monoisotopic (exact) mass is 289 g/mol. The van der Waals surface area contributed by atoms with Gasteiger partial charge in [-0.25, -0.2) is 13.2 Å². The van der Waals surface area contributed by atoms with E-state index in [2.05, 4.69) is 10.2 Å². The number of ether oxygens (including phenoxy) is 1. The number of nitrogens with zero attached hydrogens (tertiary/aromatic N) is 2. The first-order chi connectivity index (χ1) is 8.96. The van der Waals surface area contributed by atoms with Crippen LogP contribution < -0.4 is 0 Å². The summed E-state index contributed by atoms with van der Waals surface area (Å²) in [6.07, 6.45) is 2.22. The van der Waals surface area contributed by atoms with Gasteiger partial charge in [-0.1, -0.05) is 0 Å². The lowest BCUT2D eigenvalue weighted by atomic mass is 10.1. The first-order valence-electron chi connectivity index (χ1n) is 5.76. The van der Waals surface area contributed by atoms with E-state index in [4.69, 9.17) is 9.84 Å². The molecule has 1 aromatic rings. The van der Waals surface area contributed by atoms with Gasteiger partial charge in [0.1, 0.15) is 5.56 Å². The summed E-state index contributed by atoms with van der Waals surface area (Å²) in [6, 6.07) is 0. The zero-order valence-corrected chi connectivity index (χ0v) is 11.2. The molecule has 9 heteroatoms. The van der Waals surface area contributed by atoms with Gasteiger partial charge in [0.2, 0.25) is 0 Å². The van der Waals surface area contributed by atoms with Crippen LogP contribution in [0.2, 0.25) is 0 Å². The normalized spacial score (nSPS) is 18.6. The number of H-pyrrole nitrogens is 1. The molecule has 0 saturated carbocycles. The van der Waals surface area contributed by atoms with Crippen molar-refractivity contribution in [2.45, 2.75) is 24.0 Å². The van der Waals surface area contributed by atoms with Gasteiger partial charge in [0.25, 0.3) is 10.0 Å². The minimum Gasteiger partial charge on any atom is -0.478 e. The van der Waals surface area contributed by atoms with E-state index >= 15 is 0 Å². The Morgan fingerprint density at radius 1 is 1.53 bits per heavy atom. The molecule has 0 spiro atoms. The first-order valence-corrected chi connectivity index (χ1v) is 7.20. The highest BCUT2D eigenvalue weighted by Gasteiger charge is 2.33. The second-order valence-electron chi connectivity index (χ2n) is 4.26. The third-order valence-electron chi connectivity index (χ3n) is 3.17. The maximum Gasteiger partial charge on any atom is 0.340 e. The number of carboxylic acids is 1. The van der Waals surface area contributed by atoms with Crippen LogP contribution in [0.15, 0.2) is 11.2 Å². The van der Waals surface area contributed by atoms with Crippen LogP contribution in [0.25, 0.3) is 0 Å². The number of aromatic nitrogens is 2. The van der Waals surface area contributed by atoms with Gasteiger partial charge in [0.05, 0.1) is 12.3 Å². The van der Waals surface area contributed by atoms with Crippen molar-refractivity contribution in [1.82, 2.24) is 14.5 Å². The Morgan fingerprint density at radius 2 is 2.16 bits per heavy atom. The Balaban J connectivity index is 2.23. The summed E-state index contributed by atoms with van der Waals surface area (Å²) in [7, 11) is -2.26. The zero-order valence-electron chi connectivity index (χ0n) is 10.4. The van der Waals surface area contributed by atoms with Crippen LogP contribution in [0.3, 0.4) is 0 Å². The molecule has 0 bridgehead atoms. The van der Waals surface area contributed by atoms with Crippen LogP contribution in [-0.4, -0.2) is 60.3 Å². The fraction of sp³-hybridized carbons (Fsp3) is 0.600. The van der Waals surface area contributed by atoms with Gasteiger partial charge in [-0.3, -0.25) is 5.10 Å². The van der Waals surface area contributed by atoms with Crippen LogP contribution in [0.1, 0.15) is 23.2 Å². The number of hydrogen-bond acceptors (Lipinski definition) is 5. The van der Waals surface area contributed by atoms with Crippen molar-refractivity contribution in [2.75, 3.05) is 20.2 Å². The molecule has 1 saturated heterocycles. The highest BCUT2D eigenvalue weighted by Crippen LogP contribution is 2.22. The molecule has 0 amide bonds. The van der Waals surface area contributed by atoms with E-state index in [1.165, 1.54) is 4.31 Å². The SMILES string of the molecule is COC1CCN(S(=O)(=O)c2[nH]ncc2C(=O)O)CC1. The molecule has 0 aromatic carbocycles. The summed E-state index contributed by atoms with van der Waals surface area (Å²) >= 11 is 0. The van der Waals surface area contributed by atoms with Gasteiger partial charge < -0.3 is 9.84 Å². The summed E-state index contributed by atoms with van der Waals surface area (Å²) in [4.78, 5) is 10.9. The van der Waals surface area contributed by atoms with Crippen molar-refractivity contribution in [1.29, 1.82) is 0 Å². The summed E-state index contributed by atoms with van der Waals surface area (Å²) in [6.45, 7) is 0.609. The molecular formula is C10H15N3O5S. The maximum atomic E-state index is 12.3. The third kappa shape index (κ3) is 2.62. The molecule has 1 aliphatic rings. The Morgan fingerprint density at radius 3 is 2.68 bits per heavy atom. The van der Waals surface area contributed by atoms with Crippen molar-refractivity contribution in [3.8, 4) is 0 Å². The van der Waals surface area contributed by atoms with E-state index < -0.39 is 16.0 Å². The van der Waals surface area contributed by atoms with Crippen molar-refractivity contribution in [2.24, 2.45) is 0 Å². The van der Waals surface area contributed by atoms with Gasteiger partial charge >= 0.3 is 5.97 Å². The summed E-state index contributed by atoms with van der Waals surface area (Å²) in [5.41, 5.74) is -0.339. The average molecular weight is 289 g/mol. The van der Waals surface area contributed by atoms with Gasteiger partial charge in [-0.05, 0) is 12.8 Å². The maximum absolute atomic E-state index is 12.3. The van der Waals surface area contributed by atoms with Crippen molar-refractivity contribution in [3.05, 3.63) is 11.8 Å². The molecule has 0 unspecified atom stereocenters. The topological polar surface area (TPSA) is 113 Å². The zero-order chi connectivity index (χ0) is 14.0. The number of carbonyl (C=O) groups is 1. The smallest absolute Gasteiger partial charge is 0.340 e. The third-order valence-corrected chi connectivity index (χ3v) is 5.04. The van der Waals surface area contributed by atoms with E-state index in [0.29, 0.717) is 25.9 Å². The van der Waals surface area contributed by atoms with E-state index in [0.717, 1.165) is 6.20 Å². The van der Waals surface area contributed by atoms with Gasteiger partial charge in [0.15, 0.2) is 5.03 Å². The van der Waals surface area contributed by atoms with Crippen LogP contribution in [-0.2, 0) is 14.8 Å². The van der Waals surface area contributed by atoms with Crippen molar-refractivity contribution < 1.29 is 23.1 Å². The molecule has 1 fully saturated rings. The molecule has 0 radical (unpaired) electrons. The van der Waals surface area contributed by atoms with Crippen molar-refractivity contribution in [3.63, 3.8) is 0 Å². The molecule has 1 aromatic heterocycles. The average Bonchev–Trinajstić information content (AvgIpc) is 2.89. The van der Waals surface area contributed by atoms with E-state index in [1.807, 2.05) is 0 Å². The largest absolute Gasteiger partial charge is 0.478 e. The van der Waals surface area contributed by atoms with Crippen LogP contribution in [0, 0.1) is 0 Å². The minimum absolute atomic E-state index is 0.0483. The van der Waals surface area contributed by atoms with E-state index in [1.54, 1.807) is 7.11 Å². The molecule has 2 N–H and O–H groups in total. The molecule has 1 aliphatic heterocycles. The van der Waals surface area contributed by atoms with Crippen molar-refractivity contribution >= 4 is 16.0 Å². The predicted octanol–water partition coefficient (Wildman–Crippen LogP) is -0.0926. The fourth-order valence-electron chi connectivity index (χ4n) is 2.06. The Hall–Kier alpha value is -1.45. The number of rotatable bonds is 4. The Kier molecular flexibility index (Phi) is 3.88. The number of hydrogen-bond donors (Lipinski definition) is 2. The first kappa shape index (κ1) is 14.0. The quantitative estimate of drug-likeness (QED) is 0.801. The number of aromatic amines is 1. The molecule has 106 valence electrons. The Bertz CT molecular complexity index is 559. The second kappa shape index (κ2) is 5.27. The highest BCUT2D eigenvalue weighted by molar-refractivity contribution is 7.89. The minimum atomic E-state index is -3.85. The lowest BCUT2D eigenvalue weighted by Crippen LogP contribution is -2.41. The number of piperidine rings is 1. The van der Waals surface area contributed by atoms with Gasteiger partial charge in [-0.15, -0.1) is 0 Å². The molecule has 2 heterocycles. The number of methoxy groups -OCH3 is 1. The molecule has 0 aliphatic carbocycles. The second-order valence-corrected chi connectivity index (χ2v) is 6.13. The highest BCUT2D eigenvalue weighted by atomic mass is 32.2. The number of nitrogens with one attached hydrogen (secondary N) is 1. The molecule has 8 nitrogen and oxygen atoms in total. The number of carboxylic acid groups (broad SMARTS) is 1. The molecular weight excluding hydrogens is 274 g/mol. The van der Waals surface area contributed by atoms with Gasteiger partial charge in [0, 0.05) is 20.2 Å². The van der Waals surface area contributed by atoms with Crippen LogP contribution >= 0.6 is 0 Å². The summed E-state index contributed by atoms with van der Waals surface area (Å²) < 4.78 is 31.1. The summed E-state index contributed by atoms with van der Waals surface area (Å²) in [5.74, 6) is -1.32. The Labute approximate surface area is 110 Å². The van der Waals surface area contributed by atoms with Crippen LogP contribution in [0.4, 0.5) is 0 Å². The van der Waals surface area contributed by atoms with E-state index in [9.17, 15) is 13.2 Å². The lowest BCUT2D eigenvalue weighted by molar-refractivity contribution is 0.0602. The lowest BCUT2D eigenvalue weighted by Gasteiger charge is -2.29. The molecule has 2 rings (SSSR count). The van der Waals surface area contributed by atoms with Crippen LogP contribution in [0.5, 0.6) is 0 Å². The molecule has 0 atom stereocenters. The van der Waals surface area contributed by atoms with E-state index in [-0.39, 0.29) is 16.7 Å². The standard InChI is InChI=1S/C10H15N3O5S/c1-18-7-2-4-13(5-3-7)19(16,17)9-8(10(14)15)6-11-12-9/h6-7H,2-5H2,1H3,(H,11,12)(H,14,15). The summed E-state index contributed by atoms with van der Waals surface area (Å²) in [5, 5.41) is 14.3.